The molecule has 20 heavy (non-hydrogen) atoms. The van der Waals surface area contributed by atoms with Gasteiger partial charge in [0.05, 0.1) is 24.5 Å². The Kier molecular flexibility index (Phi) is 5.38. The van der Waals surface area contributed by atoms with E-state index < -0.39 is 0 Å². The summed E-state index contributed by atoms with van der Waals surface area (Å²) >= 11 is 0. The van der Waals surface area contributed by atoms with Gasteiger partial charge in [-0.25, -0.2) is 0 Å². The lowest BCUT2D eigenvalue weighted by molar-refractivity contribution is -0.117. The molecule has 110 valence electrons. The van der Waals surface area contributed by atoms with E-state index in [0.717, 1.165) is 26.1 Å². The summed E-state index contributed by atoms with van der Waals surface area (Å²) in [7, 11) is 1.73. The van der Waals surface area contributed by atoms with Crippen LogP contribution in [0.25, 0.3) is 0 Å². The minimum Gasteiger partial charge on any atom is -0.397 e. The standard InChI is InChI=1S/C15H23N3O2/c1-20-11-12-5-4-8-18(9-12)10-15(19)17-14-7-3-2-6-13(14)16/h2-3,6-7,12H,4-5,8-11,16H2,1H3,(H,17,19). The van der Waals surface area contributed by atoms with Crippen molar-refractivity contribution in [3.8, 4) is 0 Å². The van der Waals surface area contributed by atoms with Gasteiger partial charge < -0.3 is 15.8 Å². The third-order valence-electron chi connectivity index (χ3n) is 3.61. The molecule has 2 rings (SSSR count). The van der Waals surface area contributed by atoms with E-state index in [1.54, 1.807) is 13.2 Å². The Balaban J connectivity index is 1.84. The van der Waals surface area contributed by atoms with E-state index >= 15 is 0 Å². The lowest BCUT2D eigenvalue weighted by Crippen LogP contribution is -2.41. The first-order valence-electron chi connectivity index (χ1n) is 7.04. The molecule has 1 aliphatic rings. The van der Waals surface area contributed by atoms with Gasteiger partial charge in [-0.2, -0.15) is 0 Å². The molecule has 1 atom stereocenters. The molecule has 1 amide bonds. The van der Waals surface area contributed by atoms with Gasteiger partial charge in [0.1, 0.15) is 0 Å². The molecule has 0 radical (unpaired) electrons. The molecule has 0 saturated carbocycles. The molecule has 5 nitrogen and oxygen atoms in total. The summed E-state index contributed by atoms with van der Waals surface area (Å²) in [4.78, 5) is 14.2. The molecule has 1 fully saturated rings. The van der Waals surface area contributed by atoms with Gasteiger partial charge >= 0.3 is 0 Å². The zero-order valence-electron chi connectivity index (χ0n) is 12.0. The van der Waals surface area contributed by atoms with Crippen LogP contribution in [0.5, 0.6) is 0 Å². The second kappa shape index (κ2) is 7.26. The largest absolute Gasteiger partial charge is 0.397 e. The number of nitrogen functional groups attached to an aromatic ring is 1. The van der Waals surface area contributed by atoms with E-state index in [4.69, 9.17) is 10.5 Å². The number of ether oxygens (including phenoxy) is 1. The summed E-state index contributed by atoms with van der Waals surface area (Å²) in [6.45, 7) is 3.07. The van der Waals surface area contributed by atoms with Crippen LogP contribution in [0, 0.1) is 5.92 Å². The quantitative estimate of drug-likeness (QED) is 0.802. The number of carbonyl (C=O) groups excluding carboxylic acids is 1. The topological polar surface area (TPSA) is 67.6 Å². The monoisotopic (exact) mass is 277 g/mol. The van der Waals surface area contributed by atoms with E-state index in [9.17, 15) is 4.79 Å². The van der Waals surface area contributed by atoms with Crippen LogP contribution in [0.2, 0.25) is 0 Å². The number of nitrogens with two attached hydrogens (primary N) is 1. The normalized spacial score (nSPS) is 19.8. The number of anilines is 2. The molecule has 1 aliphatic heterocycles. The average molecular weight is 277 g/mol. The summed E-state index contributed by atoms with van der Waals surface area (Å²) in [5.74, 6) is 0.518. The smallest absolute Gasteiger partial charge is 0.238 e. The van der Waals surface area contributed by atoms with Gasteiger partial charge in [0.2, 0.25) is 5.91 Å². The Bertz CT molecular complexity index is 448. The van der Waals surface area contributed by atoms with Crippen molar-refractivity contribution in [2.75, 3.05) is 44.4 Å². The number of methoxy groups -OCH3 is 1. The molecule has 1 saturated heterocycles. The van der Waals surface area contributed by atoms with E-state index in [1.165, 1.54) is 6.42 Å². The number of piperidine rings is 1. The van der Waals surface area contributed by atoms with Gasteiger partial charge in [-0.3, -0.25) is 9.69 Å². The van der Waals surface area contributed by atoms with Gasteiger partial charge in [-0.15, -0.1) is 0 Å². The molecule has 1 heterocycles. The fraction of sp³-hybridized carbons (Fsp3) is 0.533. The molecule has 0 bridgehead atoms. The van der Waals surface area contributed by atoms with Crippen LogP contribution in [0.1, 0.15) is 12.8 Å². The van der Waals surface area contributed by atoms with Crippen LogP contribution in [-0.4, -0.2) is 44.2 Å². The Morgan fingerprint density at radius 2 is 2.30 bits per heavy atom. The third-order valence-corrected chi connectivity index (χ3v) is 3.61. The zero-order chi connectivity index (χ0) is 14.4. The van der Waals surface area contributed by atoms with Gasteiger partial charge in [-0.1, -0.05) is 12.1 Å². The lowest BCUT2D eigenvalue weighted by Gasteiger charge is -2.31. The van der Waals surface area contributed by atoms with Gasteiger partial charge in [0.15, 0.2) is 0 Å². The van der Waals surface area contributed by atoms with Crippen LogP contribution in [0.15, 0.2) is 24.3 Å². The van der Waals surface area contributed by atoms with Crippen molar-refractivity contribution in [3.63, 3.8) is 0 Å². The molecule has 1 aromatic carbocycles. The number of likely N-dealkylation sites (tertiary alicyclic amines) is 1. The minimum atomic E-state index is -0.0130. The summed E-state index contributed by atoms with van der Waals surface area (Å²) in [6, 6.07) is 7.31. The molecule has 5 heteroatoms. The van der Waals surface area contributed by atoms with E-state index in [1.807, 2.05) is 18.2 Å². The average Bonchev–Trinajstić information content (AvgIpc) is 2.42. The number of amides is 1. The van der Waals surface area contributed by atoms with Crippen molar-refractivity contribution in [2.24, 2.45) is 5.92 Å². The van der Waals surface area contributed by atoms with E-state index in [-0.39, 0.29) is 5.91 Å². The number of hydrogen-bond acceptors (Lipinski definition) is 4. The molecule has 0 aliphatic carbocycles. The number of nitrogens with zero attached hydrogens (tertiary/aromatic N) is 1. The minimum absolute atomic E-state index is 0.0130. The highest BCUT2D eigenvalue weighted by Gasteiger charge is 2.21. The van der Waals surface area contributed by atoms with Crippen molar-refractivity contribution in [2.45, 2.75) is 12.8 Å². The highest BCUT2D eigenvalue weighted by Crippen LogP contribution is 2.18. The van der Waals surface area contributed by atoms with Gasteiger partial charge in [0.25, 0.3) is 0 Å². The Labute approximate surface area is 120 Å². The molecular formula is C15H23N3O2. The molecule has 1 aromatic rings. The summed E-state index contributed by atoms with van der Waals surface area (Å²) in [5, 5.41) is 2.87. The summed E-state index contributed by atoms with van der Waals surface area (Å²) in [6.07, 6.45) is 2.30. The third kappa shape index (κ3) is 4.21. The first-order valence-corrected chi connectivity index (χ1v) is 7.04. The first-order chi connectivity index (χ1) is 9.69. The Morgan fingerprint density at radius 3 is 3.05 bits per heavy atom. The Morgan fingerprint density at radius 1 is 1.50 bits per heavy atom. The second-order valence-corrected chi connectivity index (χ2v) is 5.33. The maximum Gasteiger partial charge on any atom is 0.238 e. The van der Waals surface area contributed by atoms with Crippen LogP contribution in [-0.2, 0) is 9.53 Å². The van der Waals surface area contributed by atoms with Crippen LogP contribution < -0.4 is 11.1 Å². The number of carbonyl (C=O) groups is 1. The number of rotatable bonds is 5. The number of benzene rings is 1. The SMILES string of the molecule is COCC1CCCN(CC(=O)Nc2ccccc2N)C1. The number of hydrogen-bond donors (Lipinski definition) is 2. The fourth-order valence-corrected chi connectivity index (χ4v) is 2.67. The summed E-state index contributed by atoms with van der Waals surface area (Å²) < 4.78 is 5.20. The van der Waals surface area contributed by atoms with Crippen molar-refractivity contribution >= 4 is 17.3 Å². The van der Waals surface area contributed by atoms with Crippen molar-refractivity contribution in [1.29, 1.82) is 0 Å². The molecule has 3 N–H and O–H groups in total. The van der Waals surface area contributed by atoms with Gasteiger partial charge in [-0.05, 0) is 37.4 Å². The van der Waals surface area contributed by atoms with E-state index in [0.29, 0.717) is 23.8 Å². The lowest BCUT2D eigenvalue weighted by atomic mass is 9.99. The second-order valence-electron chi connectivity index (χ2n) is 5.33. The van der Waals surface area contributed by atoms with Gasteiger partial charge in [0, 0.05) is 13.7 Å². The van der Waals surface area contributed by atoms with Crippen molar-refractivity contribution in [3.05, 3.63) is 24.3 Å². The molecule has 0 spiro atoms. The number of para-hydroxylation sites is 2. The fourth-order valence-electron chi connectivity index (χ4n) is 2.67. The van der Waals surface area contributed by atoms with Crippen molar-refractivity contribution < 1.29 is 9.53 Å². The highest BCUT2D eigenvalue weighted by atomic mass is 16.5. The summed E-state index contributed by atoms with van der Waals surface area (Å²) in [5.41, 5.74) is 7.10. The molecule has 1 unspecified atom stereocenters. The highest BCUT2D eigenvalue weighted by molar-refractivity contribution is 5.95. The first kappa shape index (κ1) is 14.8. The maximum absolute atomic E-state index is 12.1. The number of nitrogens with one attached hydrogen (secondary N) is 1. The van der Waals surface area contributed by atoms with Crippen LogP contribution in [0.4, 0.5) is 11.4 Å². The molecular weight excluding hydrogens is 254 g/mol. The van der Waals surface area contributed by atoms with E-state index in [2.05, 4.69) is 10.2 Å². The predicted octanol–water partition coefficient (Wildman–Crippen LogP) is 1.57. The Hall–Kier alpha value is -1.59. The zero-order valence-corrected chi connectivity index (χ0v) is 12.0. The maximum atomic E-state index is 12.1. The van der Waals surface area contributed by atoms with Crippen LogP contribution >= 0.6 is 0 Å². The molecule has 0 aromatic heterocycles. The van der Waals surface area contributed by atoms with Crippen molar-refractivity contribution in [1.82, 2.24) is 4.90 Å². The van der Waals surface area contributed by atoms with Crippen LogP contribution in [0.3, 0.4) is 0 Å². The predicted molar refractivity (Wildman–Crippen MR) is 80.5 cm³/mol.